The molecule has 0 radical (unpaired) electrons. The number of para-hydroxylation sites is 1. The molecule has 0 aliphatic heterocycles. The second-order valence-electron chi connectivity index (χ2n) is 8.09. The molecule has 1 aromatic heterocycles. The predicted molar refractivity (Wildman–Crippen MR) is 114 cm³/mol. The number of methoxy groups -OCH3 is 1. The van der Waals surface area contributed by atoms with E-state index in [9.17, 15) is 14.4 Å². The molecule has 0 spiro atoms. The van der Waals surface area contributed by atoms with Gasteiger partial charge in [-0.15, -0.1) is 0 Å². The Labute approximate surface area is 176 Å². The highest BCUT2D eigenvalue weighted by Gasteiger charge is 2.23. The number of aromatic amines is 1. The lowest BCUT2D eigenvalue weighted by Gasteiger charge is -2.19. The number of benzene rings is 1. The minimum Gasteiger partial charge on any atom is -0.467 e. The Morgan fingerprint density at radius 3 is 2.57 bits per heavy atom. The molecule has 2 amide bonds. The number of carbonyl (C=O) groups is 3. The predicted octanol–water partition coefficient (Wildman–Crippen LogP) is 3.06. The van der Waals surface area contributed by atoms with Crippen LogP contribution in [0.2, 0.25) is 0 Å². The van der Waals surface area contributed by atoms with Gasteiger partial charge in [-0.2, -0.15) is 0 Å². The van der Waals surface area contributed by atoms with Crippen LogP contribution in [0.1, 0.15) is 45.6 Å². The van der Waals surface area contributed by atoms with Crippen LogP contribution < -0.4 is 10.6 Å². The summed E-state index contributed by atoms with van der Waals surface area (Å²) in [4.78, 5) is 39.2. The number of esters is 1. The normalized spacial score (nSPS) is 12.3. The van der Waals surface area contributed by atoms with Crippen molar-refractivity contribution in [3.8, 4) is 0 Å². The van der Waals surface area contributed by atoms with E-state index in [-0.39, 0.29) is 12.3 Å². The van der Waals surface area contributed by atoms with Gasteiger partial charge in [-0.3, -0.25) is 4.79 Å². The summed E-state index contributed by atoms with van der Waals surface area (Å²) in [6, 6.07) is 7.02. The van der Waals surface area contributed by atoms with Crippen molar-refractivity contribution in [2.24, 2.45) is 0 Å². The Morgan fingerprint density at radius 2 is 1.87 bits per heavy atom. The first kappa shape index (κ1) is 23.3. The van der Waals surface area contributed by atoms with Crippen LogP contribution in [0.15, 0.2) is 30.5 Å². The van der Waals surface area contributed by atoms with Gasteiger partial charge in [0.05, 0.1) is 7.11 Å². The van der Waals surface area contributed by atoms with E-state index in [1.807, 2.05) is 30.5 Å². The molecular weight excluding hydrogens is 386 g/mol. The van der Waals surface area contributed by atoms with Gasteiger partial charge in [0.15, 0.2) is 0 Å². The largest absolute Gasteiger partial charge is 0.467 e. The van der Waals surface area contributed by atoms with Crippen LogP contribution in [0.5, 0.6) is 0 Å². The molecule has 8 heteroatoms. The number of hydrogen-bond donors (Lipinski definition) is 3. The van der Waals surface area contributed by atoms with Crippen LogP contribution in [0.25, 0.3) is 10.9 Å². The Morgan fingerprint density at radius 1 is 1.13 bits per heavy atom. The first-order valence-electron chi connectivity index (χ1n) is 10.1. The third-order valence-corrected chi connectivity index (χ3v) is 4.42. The van der Waals surface area contributed by atoms with Gasteiger partial charge in [0.1, 0.15) is 11.6 Å². The lowest BCUT2D eigenvalue weighted by atomic mass is 10.0. The summed E-state index contributed by atoms with van der Waals surface area (Å²) in [5.74, 6) is -0.720. The van der Waals surface area contributed by atoms with Gasteiger partial charge < -0.3 is 25.1 Å². The molecule has 0 aliphatic carbocycles. The molecule has 30 heavy (non-hydrogen) atoms. The minimum absolute atomic E-state index is 0.234. The van der Waals surface area contributed by atoms with E-state index in [1.165, 1.54) is 7.11 Å². The number of nitrogens with one attached hydrogen (secondary N) is 3. The fraction of sp³-hybridized carbons (Fsp3) is 0.500. The second kappa shape index (κ2) is 10.7. The highest BCUT2D eigenvalue weighted by molar-refractivity contribution is 5.87. The van der Waals surface area contributed by atoms with Crippen molar-refractivity contribution < 1.29 is 23.9 Å². The van der Waals surface area contributed by atoms with Gasteiger partial charge in [0.25, 0.3) is 0 Å². The van der Waals surface area contributed by atoms with Gasteiger partial charge >= 0.3 is 12.1 Å². The number of alkyl carbamates (subject to hydrolysis) is 1. The summed E-state index contributed by atoms with van der Waals surface area (Å²) in [6.07, 6.45) is 3.15. The second-order valence-corrected chi connectivity index (χ2v) is 8.09. The first-order chi connectivity index (χ1) is 14.2. The number of ether oxygens (including phenoxy) is 2. The maximum Gasteiger partial charge on any atom is 0.407 e. The molecule has 0 saturated heterocycles. The summed E-state index contributed by atoms with van der Waals surface area (Å²) in [6.45, 7) is 5.80. The quantitative estimate of drug-likeness (QED) is 0.429. The van der Waals surface area contributed by atoms with E-state index in [0.29, 0.717) is 25.8 Å². The number of unbranched alkanes of at least 4 members (excludes halogenated alkanes) is 1. The number of amides is 2. The Kier molecular flexibility index (Phi) is 8.26. The summed E-state index contributed by atoms with van der Waals surface area (Å²) >= 11 is 0. The number of aromatic nitrogens is 1. The van der Waals surface area contributed by atoms with Crippen molar-refractivity contribution in [3.05, 3.63) is 36.0 Å². The number of rotatable bonds is 9. The van der Waals surface area contributed by atoms with Crippen molar-refractivity contribution in [1.29, 1.82) is 0 Å². The molecule has 164 valence electrons. The Balaban J connectivity index is 1.80. The van der Waals surface area contributed by atoms with Gasteiger partial charge in [0, 0.05) is 36.5 Å². The maximum atomic E-state index is 12.3. The third kappa shape index (κ3) is 7.42. The molecule has 2 rings (SSSR count). The molecule has 2 aromatic rings. The van der Waals surface area contributed by atoms with Crippen LogP contribution in [-0.2, 0) is 25.5 Å². The first-order valence-corrected chi connectivity index (χ1v) is 10.1. The SMILES string of the molecule is COC(=O)C(Cc1c[nH]c2ccccc12)NC(=O)CCCCNC(=O)OC(C)(C)C. The molecule has 1 unspecified atom stereocenters. The lowest BCUT2D eigenvalue weighted by Crippen LogP contribution is -2.43. The molecule has 1 aromatic carbocycles. The average Bonchev–Trinajstić information content (AvgIpc) is 3.08. The van der Waals surface area contributed by atoms with Crippen LogP contribution in [0.4, 0.5) is 4.79 Å². The molecule has 8 nitrogen and oxygen atoms in total. The van der Waals surface area contributed by atoms with Crippen molar-refractivity contribution in [3.63, 3.8) is 0 Å². The van der Waals surface area contributed by atoms with Crippen LogP contribution in [0, 0.1) is 0 Å². The molecular formula is C22H31N3O5. The molecule has 0 saturated carbocycles. The summed E-state index contributed by atoms with van der Waals surface area (Å²) < 4.78 is 10.0. The monoisotopic (exact) mass is 417 g/mol. The number of hydrogen-bond acceptors (Lipinski definition) is 5. The van der Waals surface area contributed by atoms with E-state index in [1.54, 1.807) is 20.8 Å². The van der Waals surface area contributed by atoms with E-state index in [2.05, 4.69) is 15.6 Å². The Bertz CT molecular complexity index is 869. The number of H-pyrrole nitrogens is 1. The van der Waals surface area contributed by atoms with E-state index in [0.717, 1.165) is 16.5 Å². The maximum absolute atomic E-state index is 12.3. The van der Waals surface area contributed by atoms with Crippen LogP contribution in [-0.4, -0.2) is 48.3 Å². The fourth-order valence-electron chi connectivity index (χ4n) is 3.04. The van der Waals surface area contributed by atoms with Gasteiger partial charge in [-0.05, 0) is 45.2 Å². The highest BCUT2D eigenvalue weighted by atomic mass is 16.6. The topological polar surface area (TPSA) is 110 Å². The highest BCUT2D eigenvalue weighted by Crippen LogP contribution is 2.19. The molecule has 1 atom stereocenters. The van der Waals surface area contributed by atoms with Gasteiger partial charge in [-0.1, -0.05) is 18.2 Å². The number of fused-ring (bicyclic) bond motifs is 1. The molecule has 0 fully saturated rings. The van der Waals surface area contributed by atoms with E-state index in [4.69, 9.17) is 9.47 Å². The van der Waals surface area contributed by atoms with Crippen molar-refractivity contribution in [1.82, 2.24) is 15.6 Å². The molecule has 1 heterocycles. The van der Waals surface area contributed by atoms with Crippen molar-refractivity contribution in [2.45, 2.75) is 58.1 Å². The smallest absolute Gasteiger partial charge is 0.407 e. The summed E-state index contributed by atoms with van der Waals surface area (Å²) in [5, 5.41) is 6.43. The van der Waals surface area contributed by atoms with Gasteiger partial charge in [-0.25, -0.2) is 9.59 Å². The lowest BCUT2D eigenvalue weighted by molar-refractivity contribution is -0.145. The number of carbonyl (C=O) groups excluding carboxylic acids is 3. The zero-order chi connectivity index (χ0) is 22.1. The average molecular weight is 418 g/mol. The fourth-order valence-corrected chi connectivity index (χ4v) is 3.04. The van der Waals surface area contributed by atoms with Crippen molar-refractivity contribution in [2.75, 3.05) is 13.7 Å². The molecule has 0 aliphatic rings. The van der Waals surface area contributed by atoms with Crippen molar-refractivity contribution >= 4 is 28.9 Å². The zero-order valence-electron chi connectivity index (χ0n) is 18.0. The Hall–Kier alpha value is -3.03. The van der Waals surface area contributed by atoms with E-state index >= 15 is 0 Å². The zero-order valence-corrected chi connectivity index (χ0v) is 18.0. The van der Waals surface area contributed by atoms with E-state index < -0.39 is 23.7 Å². The standard InChI is InChI=1S/C22H31N3O5/c1-22(2,3)30-21(28)23-12-8-7-11-19(26)25-18(20(27)29-4)13-15-14-24-17-10-6-5-9-16(15)17/h5-6,9-10,14,18,24H,7-8,11-13H2,1-4H3,(H,23,28)(H,25,26). The summed E-state index contributed by atoms with van der Waals surface area (Å²) in [5.41, 5.74) is 1.36. The third-order valence-electron chi connectivity index (χ3n) is 4.42. The van der Waals surface area contributed by atoms with Gasteiger partial charge in [0.2, 0.25) is 5.91 Å². The van der Waals surface area contributed by atoms with Crippen LogP contribution >= 0.6 is 0 Å². The van der Waals surface area contributed by atoms with Crippen LogP contribution in [0.3, 0.4) is 0 Å². The minimum atomic E-state index is -0.762. The molecule has 0 bridgehead atoms. The molecule has 3 N–H and O–H groups in total. The summed E-state index contributed by atoms with van der Waals surface area (Å²) in [7, 11) is 1.30.